The van der Waals surface area contributed by atoms with Crippen molar-refractivity contribution in [3.63, 3.8) is 0 Å². The van der Waals surface area contributed by atoms with Gasteiger partial charge in [0.25, 0.3) is 0 Å². The number of hydrogen-bond donors (Lipinski definition) is 1. The number of benzene rings is 2. The van der Waals surface area contributed by atoms with E-state index in [1.807, 2.05) is 12.1 Å². The SMILES string of the molecule is CN1C(=O)Cc2cc(SNC(CC(F)(F)F)c3ccc(Br)cc3)ccc21. The van der Waals surface area contributed by atoms with Gasteiger partial charge >= 0.3 is 6.18 Å². The first-order chi connectivity index (χ1) is 12.2. The number of alkyl halides is 3. The molecule has 0 bridgehead atoms. The normalized spacial score (nSPS) is 15.3. The van der Waals surface area contributed by atoms with Gasteiger partial charge < -0.3 is 4.90 Å². The first-order valence-electron chi connectivity index (χ1n) is 7.87. The fourth-order valence-corrected chi connectivity index (χ4v) is 3.90. The summed E-state index contributed by atoms with van der Waals surface area (Å²) in [5.74, 6) is 0.0138. The summed E-state index contributed by atoms with van der Waals surface area (Å²) < 4.78 is 42.6. The summed E-state index contributed by atoms with van der Waals surface area (Å²) in [5.41, 5.74) is 2.30. The number of halogens is 4. The van der Waals surface area contributed by atoms with Gasteiger partial charge in [0.2, 0.25) is 5.91 Å². The molecule has 0 saturated carbocycles. The molecular formula is C18H16BrF3N2OS. The summed E-state index contributed by atoms with van der Waals surface area (Å²) >= 11 is 4.44. The van der Waals surface area contributed by atoms with Crippen LogP contribution in [0.5, 0.6) is 0 Å². The number of carbonyl (C=O) groups excluding carboxylic acids is 1. The molecule has 1 aliphatic heterocycles. The molecule has 1 heterocycles. The van der Waals surface area contributed by atoms with Gasteiger partial charge in [0.05, 0.1) is 18.9 Å². The smallest absolute Gasteiger partial charge is 0.315 e. The zero-order valence-corrected chi connectivity index (χ0v) is 16.2. The first kappa shape index (κ1) is 19.3. The van der Waals surface area contributed by atoms with E-state index in [9.17, 15) is 18.0 Å². The topological polar surface area (TPSA) is 32.3 Å². The summed E-state index contributed by atoms with van der Waals surface area (Å²) in [5, 5.41) is 0. The highest BCUT2D eigenvalue weighted by atomic mass is 79.9. The third-order valence-corrected chi connectivity index (χ3v) is 5.58. The van der Waals surface area contributed by atoms with Gasteiger partial charge in [-0.2, -0.15) is 13.2 Å². The van der Waals surface area contributed by atoms with Crippen molar-refractivity contribution in [2.75, 3.05) is 11.9 Å². The Morgan fingerprint density at radius 3 is 2.58 bits per heavy atom. The maximum Gasteiger partial charge on any atom is 0.390 e. The first-order valence-corrected chi connectivity index (χ1v) is 9.48. The van der Waals surface area contributed by atoms with Crippen molar-refractivity contribution in [2.45, 2.75) is 30.0 Å². The van der Waals surface area contributed by atoms with Gasteiger partial charge in [0.15, 0.2) is 0 Å². The van der Waals surface area contributed by atoms with Crippen LogP contribution in [0.4, 0.5) is 18.9 Å². The van der Waals surface area contributed by atoms with E-state index in [0.717, 1.165) is 32.6 Å². The van der Waals surface area contributed by atoms with Gasteiger partial charge in [0, 0.05) is 22.1 Å². The van der Waals surface area contributed by atoms with Crippen LogP contribution >= 0.6 is 27.9 Å². The van der Waals surface area contributed by atoms with Gasteiger partial charge in [-0.05, 0) is 53.4 Å². The molecule has 2 aromatic carbocycles. The molecule has 1 aliphatic rings. The predicted octanol–water partition coefficient (Wildman–Crippen LogP) is 5.26. The second-order valence-electron chi connectivity index (χ2n) is 6.06. The Balaban J connectivity index is 1.75. The molecule has 8 heteroatoms. The van der Waals surface area contributed by atoms with Crippen LogP contribution in [-0.2, 0) is 11.2 Å². The van der Waals surface area contributed by atoms with E-state index in [0.29, 0.717) is 12.0 Å². The van der Waals surface area contributed by atoms with Gasteiger partial charge in [-0.3, -0.25) is 9.52 Å². The third-order valence-electron chi connectivity index (χ3n) is 4.16. The van der Waals surface area contributed by atoms with Gasteiger partial charge in [-0.15, -0.1) is 0 Å². The zero-order chi connectivity index (χ0) is 18.9. The average Bonchev–Trinajstić information content (AvgIpc) is 2.85. The van der Waals surface area contributed by atoms with Crippen molar-refractivity contribution in [3.05, 3.63) is 58.1 Å². The van der Waals surface area contributed by atoms with E-state index < -0.39 is 18.6 Å². The van der Waals surface area contributed by atoms with Crippen LogP contribution in [0.1, 0.15) is 23.6 Å². The Bertz CT molecular complexity index is 811. The number of amides is 1. The molecular weight excluding hydrogens is 429 g/mol. The Hall–Kier alpha value is -1.51. The van der Waals surface area contributed by atoms with Crippen molar-refractivity contribution < 1.29 is 18.0 Å². The number of fused-ring (bicyclic) bond motifs is 1. The summed E-state index contributed by atoms with van der Waals surface area (Å²) in [7, 11) is 1.71. The number of rotatable bonds is 5. The molecule has 26 heavy (non-hydrogen) atoms. The minimum atomic E-state index is -4.28. The minimum absolute atomic E-state index is 0.0138. The zero-order valence-electron chi connectivity index (χ0n) is 13.8. The molecule has 0 radical (unpaired) electrons. The lowest BCUT2D eigenvalue weighted by Crippen LogP contribution is -2.22. The lowest BCUT2D eigenvalue weighted by Gasteiger charge is -2.20. The number of nitrogens with one attached hydrogen (secondary N) is 1. The average molecular weight is 445 g/mol. The van der Waals surface area contributed by atoms with Crippen LogP contribution in [0.15, 0.2) is 51.8 Å². The van der Waals surface area contributed by atoms with Crippen LogP contribution in [0, 0.1) is 0 Å². The number of likely N-dealkylation sites (N-methyl/N-ethyl adjacent to an activating group) is 1. The molecule has 3 nitrogen and oxygen atoms in total. The Morgan fingerprint density at radius 1 is 1.23 bits per heavy atom. The molecule has 0 saturated heterocycles. The summed E-state index contributed by atoms with van der Waals surface area (Å²) in [6.07, 6.45) is -4.93. The summed E-state index contributed by atoms with van der Waals surface area (Å²) in [6, 6.07) is 11.4. The molecule has 3 rings (SSSR count). The summed E-state index contributed by atoms with van der Waals surface area (Å²) in [4.78, 5) is 14.1. The van der Waals surface area contributed by atoms with Crippen molar-refractivity contribution in [3.8, 4) is 0 Å². The third kappa shape index (κ3) is 4.61. The molecule has 2 aromatic rings. The fourth-order valence-electron chi connectivity index (χ4n) is 2.80. The van der Waals surface area contributed by atoms with E-state index in [-0.39, 0.29) is 5.91 Å². The van der Waals surface area contributed by atoms with E-state index in [1.165, 1.54) is 0 Å². The Morgan fingerprint density at radius 2 is 1.92 bits per heavy atom. The highest BCUT2D eigenvalue weighted by Crippen LogP contribution is 2.35. The molecule has 1 amide bonds. The van der Waals surface area contributed by atoms with Crippen molar-refractivity contribution in [1.82, 2.24) is 4.72 Å². The van der Waals surface area contributed by atoms with Crippen LogP contribution in [0.3, 0.4) is 0 Å². The molecule has 1 unspecified atom stereocenters. The standard InChI is InChI=1S/C18H16BrF3N2OS/c1-24-16-7-6-14(8-12(16)9-17(24)25)26-23-15(10-18(20,21)22)11-2-4-13(19)5-3-11/h2-8,15,23H,9-10H2,1H3. The minimum Gasteiger partial charge on any atom is -0.315 e. The molecule has 0 aliphatic carbocycles. The molecule has 0 fully saturated rings. The van der Waals surface area contributed by atoms with Crippen LogP contribution in [0.2, 0.25) is 0 Å². The lowest BCUT2D eigenvalue weighted by molar-refractivity contribution is -0.139. The monoisotopic (exact) mass is 444 g/mol. The van der Waals surface area contributed by atoms with E-state index in [4.69, 9.17) is 0 Å². The molecule has 1 atom stereocenters. The fraction of sp³-hybridized carbons (Fsp3) is 0.278. The Labute approximate surface area is 162 Å². The maximum absolute atomic E-state index is 13.0. The van der Waals surface area contributed by atoms with Crippen molar-refractivity contribution >= 4 is 39.5 Å². The lowest BCUT2D eigenvalue weighted by atomic mass is 10.0. The van der Waals surface area contributed by atoms with Crippen molar-refractivity contribution in [1.29, 1.82) is 0 Å². The largest absolute Gasteiger partial charge is 0.390 e. The second-order valence-corrected chi connectivity index (χ2v) is 7.89. The van der Waals surface area contributed by atoms with Crippen LogP contribution in [0.25, 0.3) is 0 Å². The molecule has 0 aromatic heterocycles. The summed E-state index contributed by atoms with van der Waals surface area (Å²) in [6.45, 7) is 0. The number of hydrogen-bond acceptors (Lipinski definition) is 3. The van der Waals surface area contributed by atoms with Crippen LogP contribution in [-0.4, -0.2) is 19.1 Å². The maximum atomic E-state index is 13.0. The van der Waals surface area contributed by atoms with Crippen LogP contribution < -0.4 is 9.62 Å². The number of carbonyl (C=O) groups is 1. The van der Waals surface area contributed by atoms with Gasteiger partial charge in [-0.25, -0.2) is 0 Å². The van der Waals surface area contributed by atoms with Crippen molar-refractivity contribution in [2.24, 2.45) is 0 Å². The Kier molecular flexibility index (Phi) is 5.64. The van der Waals surface area contributed by atoms with E-state index >= 15 is 0 Å². The number of nitrogens with zero attached hydrogens (tertiary/aromatic N) is 1. The van der Waals surface area contributed by atoms with E-state index in [1.54, 1.807) is 42.3 Å². The molecule has 1 N–H and O–H groups in total. The van der Waals surface area contributed by atoms with Gasteiger partial charge in [0.1, 0.15) is 0 Å². The predicted molar refractivity (Wildman–Crippen MR) is 100 cm³/mol. The second kappa shape index (κ2) is 7.62. The molecule has 0 spiro atoms. The van der Waals surface area contributed by atoms with E-state index in [2.05, 4.69) is 20.7 Å². The molecule has 138 valence electrons. The highest BCUT2D eigenvalue weighted by Gasteiger charge is 2.33. The highest BCUT2D eigenvalue weighted by molar-refractivity contribution is 9.10. The van der Waals surface area contributed by atoms with Gasteiger partial charge in [-0.1, -0.05) is 28.1 Å². The number of anilines is 1. The quantitative estimate of drug-likeness (QED) is 0.638.